The maximum absolute atomic E-state index is 12.5. The highest BCUT2D eigenvalue weighted by Crippen LogP contribution is 2.37. The Kier molecular flexibility index (Phi) is 5.39. The van der Waals surface area contributed by atoms with Crippen LogP contribution >= 0.6 is 0 Å². The minimum atomic E-state index is -0.494. The van der Waals surface area contributed by atoms with E-state index in [4.69, 9.17) is 14.2 Å². The first-order valence-corrected chi connectivity index (χ1v) is 8.57. The van der Waals surface area contributed by atoms with Gasteiger partial charge in [0.1, 0.15) is 5.75 Å². The minimum Gasteiger partial charge on any atom is -0.496 e. The Labute approximate surface area is 148 Å². The normalized spacial score (nSPS) is 16.2. The Hall–Kier alpha value is -2.33. The molecule has 0 saturated carbocycles. The molecule has 0 N–H and O–H groups in total. The van der Waals surface area contributed by atoms with Crippen molar-refractivity contribution in [1.82, 2.24) is 0 Å². The molecule has 1 saturated heterocycles. The van der Waals surface area contributed by atoms with Gasteiger partial charge < -0.3 is 14.2 Å². The summed E-state index contributed by atoms with van der Waals surface area (Å²) in [5.41, 5.74) is 2.76. The summed E-state index contributed by atoms with van der Waals surface area (Å²) in [6.07, 6.45) is 2.04. The molecule has 0 atom stereocenters. The molecule has 0 amide bonds. The van der Waals surface area contributed by atoms with Gasteiger partial charge in [-0.25, -0.2) is 0 Å². The molecule has 2 aromatic rings. The summed E-state index contributed by atoms with van der Waals surface area (Å²) in [7, 11) is 3.14. The van der Waals surface area contributed by atoms with Gasteiger partial charge in [0.2, 0.25) is 0 Å². The van der Waals surface area contributed by atoms with Gasteiger partial charge in [0.05, 0.1) is 19.6 Å². The highest BCUT2D eigenvalue weighted by atomic mass is 16.5. The molecule has 3 rings (SSSR count). The molecule has 4 heteroatoms. The fourth-order valence-electron chi connectivity index (χ4n) is 3.55. The fraction of sp³-hybridized carbons (Fsp3) is 0.381. The van der Waals surface area contributed by atoms with Crippen LogP contribution in [-0.2, 0) is 20.7 Å². The lowest BCUT2D eigenvalue weighted by molar-refractivity contribution is -0.158. The first-order valence-electron chi connectivity index (χ1n) is 8.57. The number of esters is 1. The van der Waals surface area contributed by atoms with E-state index in [1.165, 1.54) is 7.11 Å². The summed E-state index contributed by atoms with van der Waals surface area (Å²) in [6, 6.07) is 16.3. The molecular weight excluding hydrogens is 316 g/mol. The lowest BCUT2D eigenvalue weighted by Gasteiger charge is -2.34. The molecule has 1 fully saturated rings. The quantitative estimate of drug-likeness (QED) is 0.775. The predicted octanol–water partition coefficient (Wildman–Crippen LogP) is 3.87. The molecule has 0 spiro atoms. The van der Waals surface area contributed by atoms with Gasteiger partial charge in [0.15, 0.2) is 0 Å². The van der Waals surface area contributed by atoms with Crippen LogP contribution in [0.25, 0.3) is 11.1 Å². The summed E-state index contributed by atoms with van der Waals surface area (Å²) < 4.78 is 16.0. The number of hydrogen-bond donors (Lipinski definition) is 0. The summed E-state index contributed by atoms with van der Waals surface area (Å²) in [5.74, 6) is 0.701. The first kappa shape index (κ1) is 17.5. The standard InChI is InChI=1S/C21H24O4/c1-23-19-9-4-3-8-18(19)17-7-5-6-16(14-17)15-21(20(22)24-2)10-12-25-13-11-21/h3-9,14H,10-13,15H2,1-2H3. The smallest absolute Gasteiger partial charge is 0.312 e. The number of para-hydroxylation sites is 1. The average Bonchev–Trinajstić information content (AvgIpc) is 2.68. The van der Waals surface area contributed by atoms with Crippen LogP contribution in [0.2, 0.25) is 0 Å². The number of hydrogen-bond acceptors (Lipinski definition) is 4. The molecule has 1 heterocycles. The molecule has 132 valence electrons. The number of methoxy groups -OCH3 is 2. The highest BCUT2D eigenvalue weighted by molar-refractivity contribution is 5.77. The van der Waals surface area contributed by atoms with Crippen molar-refractivity contribution in [1.29, 1.82) is 0 Å². The van der Waals surface area contributed by atoms with Crippen molar-refractivity contribution < 1.29 is 19.0 Å². The Bertz CT molecular complexity index is 732. The molecule has 1 aliphatic rings. The Balaban J connectivity index is 1.92. The number of carbonyl (C=O) groups is 1. The molecule has 0 bridgehead atoms. The molecule has 4 nitrogen and oxygen atoms in total. The van der Waals surface area contributed by atoms with E-state index in [9.17, 15) is 4.79 Å². The lowest BCUT2D eigenvalue weighted by atomic mass is 9.75. The van der Waals surface area contributed by atoms with Gasteiger partial charge in [-0.15, -0.1) is 0 Å². The van der Waals surface area contributed by atoms with Gasteiger partial charge in [-0.3, -0.25) is 4.79 Å². The summed E-state index contributed by atoms with van der Waals surface area (Å²) in [4.78, 5) is 12.5. The fourth-order valence-corrected chi connectivity index (χ4v) is 3.55. The number of carbonyl (C=O) groups excluding carboxylic acids is 1. The van der Waals surface area contributed by atoms with E-state index in [0.29, 0.717) is 32.5 Å². The van der Waals surface area contributed by atoms with Crippen molar-refractivity contribution in [2.75, 3.05) is 27.4 Å². The highest BCUT2D eigenvalue weighted by Gasteiger charge is 2.41. The molecular formula is C21H24O4. The average molecular weight is 340 g/mol. The van der Waals surface area contributed by atoms with Crippen LogP contribution in [0.1, 0.15) is 18.4 Å². The van der Waals surface area contributed by atoms with Crippen molar-refractivity contribution in [3.63, 3.8) is 0 Å². The molecule has 0 aliphatic carbocycles. The number of rotatable bonds is 5. The number of ether oxygens (including phenoxy) is 3. The molecule has 0 radical (unpaired) electrons. The maximum Gasteiger partial charge on any atom is 0.312 e. The third kappa shape index (κ3) is 3.69. The summed E-state index contributed by atoms with van der Waals surface area (Å²) in [5, 5.41) is 0. The Morgan fingerprint density at radius 1 is 1.08 bits per heavy atom. The second-order valence-electron chi connectivity index (χ2n) is 6.46. The third-order valence-electron chi connectivity index (χ3n) is 4.96. The van der Waals surface area contributed by atoms with E-state index >= 15 is 0 Å². The third-order valence-corrected chi connectivity index (χ3v) is 4.96. The zero-order valence-corrected chi connectivity index (χ0v) is 14.8. The van der Waals surface area contributed by atoms with Crippen LogP contribution in [0, 0.1) is 5.41 Å². The van der Waals surface area contributed by atoms with Crippen molar-refractivity contribution in [2.24, 2.45) is 5.41 Å². The second-order valence-corrected chi connectivity index (χ2v) is 6.46. The van der Waals surface area contributed by atoms with Crippen LogP contribution in [0.4, 0.5) is 0 Å². The second kappa shape index (κ2) is 7.70. The van der Waals surface area contributed by atoms with Crippen molar-refractivity contribution >= 4 is 5.97 Å². The van der Waals surface area contributed by atoms with Crippen molar-refractivity contribution in [2.45, 2.75) is 19.3 Å². The van der Waals surface area contributed by atoms with E-state index in [1.807, 2.05) is 30.3 Å². The van der Waals surface area contributed by atoms with Crippen LogP contribution in [0.15, 0.2) is 48.5 Å². The van der Waals surface area contributed by atoms with Crippen LogP contribution in [-0.4, -0.2) is 33.4 Å². The van der Waals surface area contributed by atoms with E-state index in [2.05, 4.69) is 18.2 Å². The van der Waals surface area contributed by atoms with Gasteiger partial charge in [0, 0.05) is 18.8 Å². The lowest BCUT2D eigenvalue weighted by Crippen LogP contribution is -2.40. The van der Waals surface area contributed by atoms with Gasteiger partial charge in [-0.05, 0) is 36.5 Å². The van der Waals surface area contributed by atoms with Gasteiger partial charge in [-0.2, -0.15) is 0 Å². The zero-order chi connectivity index (χ0) is 17.7. The zero-order valence-electron chi connectivity index (χ0n) is 14.8. The van der Waals surface area contributed by atoms with E-state index in [1.54, 1.807) is 7.11 Å². The number of benzene rings is 2. The van der Waals surface area contributed by atoms with Crippen LogP contribution in [0.3, 0.4) is 0 Å². The minimum absolute atomic E-state index is 0.140. The van der Waals surface area contributed by atoms with Crippen LogP contribution < -0.4 is 4.74 Å². The summed E-state index contributed by atoms with van der Waals surface area (Å²) >= 11 is 0. The largest absolute Gasteiger partial charge is 0.496 e. The Morgan fingerprint density at radius 2 is 1.84 bits per heavy atom. The van der Waals surface area contributed by atoms with Crippen molar-refractivity contribution in [3.05, 3.63) is 54.1 Å². The monoisotopic (exact) mass is 340 g/mol. The first-order chi connectivity index (χ1) is 12.2. The van der Waals surface area contributed by atoms with E-state index < -0.39 is 5.41 Å². The predicted molar refractivity (Wildman–Crippen MR) is 96.6 cm³/mol. The van der Waals surface area contributed by atoms with Gasteiger partial charge in [-0.1, -0.05) is 42.5 Å². The molecule has 2 aromatic carbocycles. The van der Waals surface area contributed by atoms with Gasteiger partial charge in [0.25, 0.3) is 0 Å². The van der Waals surface area contributed by atoms with E-state index in [-0.39, 0.29) is 5.97 Å². The SMILES string of the molecule is COC(=O)C1(Cc2cccc(-c3ccccc3OC)c2)CCOCC1. The molecule has 0 unspecified atom stereocenters. The van der Waals surface area contributed by atoms with E-state index in [0.717, 1.165) is 22.4 Å². The van der Waals surface area contributed by atoms with Crippen LogP contribution in [0.5, 0.6) is 5.75 Å². The molecule has 25 heavy (non-hydrogen) atoms. The molecule has 0 aromatic heterocycles. The van der Waals surface area contributed by atoms with Crippen molar-refractivity contribution in [3.8, 4) is 16.9 Å². The maximum atomic E-state index is 12.5. The topological polar surface area (TPSA) is 44.8 Å². The summed E-state index contributed by atoms with van der Waals surface area (Å²) in [6.45, 7) is 1.20. The Morgan fingerprint density at radius 3 is 2.56 bits per heavy atom. The molecule has 1 aliphatic heterocycles. The van der Waals surface area contributed by atoms with Gasteiger partial charge >= 0.3 is 5.97 Å².